The molecule has 2 fully saturated rings. The largest absolute Gasteiger partial charge is 1.00 e. The number of ether oxygens (including phenoxy) is 1. The second-order valence-electron chi connectivity index (χ2n) is 14.1. The maximum atomic E-state index is 12.8. The Morgan fingerprint density at radius 1 is 0.958 bits per heavy atom. The SMILES string of the molecule is CC(=O)OC1(C(C)=O)CCC2C3C=C(C)C4=CC(=O)CCC4(C)C3CCC21C.Cc1ccc(Cl)c(Nc2ccccc2C(=O)[O-])c1Cl.[Na+]. The predicted octanol–water partition coefficient (Wildman–Crippen LogP) is 4.99. The van der Waals surface area contributed by atoms with E-state index in [1.165, 1.54) is 24.1 Å². The number of ketones is 2. The van der Waals surface area contributed by atoms with Crippen molar-refractivity contribution in [3.8, 4) is 0 Å². The van der Waals surface area contributed by atoms with E-state index < -0.39 is 11.6 Å². The van der Waals surface area contributed by atoms with Gasteiger partial charge >= 0.3 is 35.5 Å². The van der Waals surface area contributed by atoms with Gasteiger partial charge < -0.3 is 20.0 Å². The Morgan fingerprint density at radius 2 is 1.62 bits per heavy atom. The summed E-state index contributed by atoms with van der Waals surface area (Å²) in [4.78, 5) is 47.8. The molecule has 10 heteroatoms. The number of carbonyl (C=O) groups excluding carboxylic acids is 4. The zero-order chi connectivity index (χ0) is 34.5. The summed E-state index contributed by atoms with van der Waals surface area (Å²) in [7, 11) is 0. The van der Waals surface area contributed by atoms with Gasteiger partial charge in [-0.2, -0.15) is 0 Å². The van der Waals surface area contributed by atoms with Crippen molar-refractivity contribution in [3.05, 3.63) is 80.9 Å². The number of carboxylic acids is 1. The number of halogens is 2. The number of allylic oxidation sites excluding steroid dienone is 4. The molecule has 0 amide bonds. The van der Waals surface area contributed by atoms with E-state index in [0.29, 0.717) is 52.0 Å². The summed E-state index contributed by atoms with van der Waals surface area (Å²) < 4.78 is 5.82. The molecule has 0 radical (unpaired) electrons. The quantitative estimate of drug-likeness (QED) is 0.346. The number of hydrogen-bond acceptors (Lipinski definition) is 7. The number of Topliss-reactive ketones (excluding diaryl/α,β-unsaturated/α-hetero) is 1. The molecule has 4 aliphatic rings. The van der Waals surface area contributed by atoms with Crippen LogP contribution in [0, 0.1) is 35.5 Å². The Morgan fingerprint density at radius 3 is 2.27 bits per heavy atom. The number of para-hydroxylation sites is 1. The molecule has 0 heterocycles. The van der Waals surface area contributed by atoms with Gasteiger partial charge in [0.15, 0.2) is 17.2 Å². The van der Waals surface area contributed by atoms with Gasteiger partial charge in [0.25, 0.3) is 0 Å². The van der Waals surface area contributed by atoms with Crippen LogP contribution in [0.1, 0.15) is 89.1 Å². The van der Waals surface area contributed by atoms with Crippen molar-refractivity contribution >= 4 is 58.1 Å². The minimum atomic E-state index is -1.26. The minimum Gasteiger partial charge on any atom is -0.545 e. The Kier molecular flexibility index (Phi) is 11.5. The van der Waals surface area contributed by atoms with Gasteiger partial charge in [0.05, 0.1) is 21.7 Å². The molecule has 4 aliphatic carbocycles. The van der Waals surface area contributed by atoms with Crippen molar-refractivity contribution in [2.24, 2.45) is 28.6 Å². The van der Waals surface area contributed by atoms with Crippen LogP contribution < -0.4 is 40.0 Å². The number of benzene rings is 2. The van der Waals surface area contributed by atoms with Gasteiger partial charge in [-0.25, -0.2) is 0 Å². The summed E-state index contributed by atoms with van der Waals surface area (Å²) in [6.45, 7) is 11.5. The topological polar surface area (TPSA) is 113 Å². The van der Waals surface area contributed by atoms with E-state index in [4.69, 9.17) is 27.9 Å². The molecule has 6 unspecified atom stereocenters. The van der Waals surface area contributed by atoms with Crippen LogP contribution >= 0.6 is 23.2 Å². The van der Waals surface area contributed by atoms with Gasteiger partial charge in [0.1, 0.15) is 0 Å². The Hall–Kier alpha value is -2.42. The predicted molar refractivity (Wildman–Crippen MR) is 182 cm³/mol. The molecule has 6 atom stereocenters. The number of anilines is 2. The average Bonchev–Trinajstić information content (AvgIpc) is 3.31. The van der Waals surface area contributed by atoms with E-state index >= 15 is 0 Å². The number of aromatic carboxylic acids is 1. The van der Waals surface area contributed by atoms with Crippen LogP contribution in [-0.4, -0.2) is 29.1 Å². The van der Waals surface area contributed by atoms with Crippen molar-refractivity contribution in [3.63, 3.8) is 0 Å². The number of carboxylic acid groups (broad SMARTS) is 1. The summed E-state index contributed by atoms with van der Waals surface area (Å²) in [6.07, 6.45) is 9.20. The third-order valence-electron chi connectivity index (χ3n) is 11.5. The van der Waals surface area contributed by atoms with Gasteiger partial charge in [-0.05, 0) is 105 Å². The molecule has 7 nitrogen and oxygen atoms in total. The van der Waals surface area contributed by atoms with Gasteiger partial charge in [-0.1, -0.05) is 73.0 Å². The molecule has 250 valence electrons. The van der Waals surface area contributed by atoms with E-state index in [1.807, 2.05) is 13.0 Å². The molecule has 0 aromatic heterocycles. The molecule has 48 heavy (non-hydrogen) atoms. The van der Waals surface area contributed by atoms with E-state index in [2.05, 4.69) is 32.2 Å². The summed E-state index contributed by atoms with van der Waals surface area (Å²) >= 11 is 12.2. The molecular weight excluding hydrogens is 660 g/mol. The number of esters is 1. The molecule has 2 aromatic carbocycles. The summed E-state index contributed by atoms with van der Waals surface area (Å²) in [5, 5.41) is 14.9. The zero-order valence-corrected chi connectivity index (χ0v) is 32.3. The molecule has 0 spiro atoms. The number of hydrogen-bond donors (Lipinski definition) is 1. The number of rotatable bonds is 5. The fourth-order valence-corrected chi connectivity index (χ4v) is 9.62. The fraction of sp³-hybridized carbons (Fsp3) is 0.474. The second-order valence-corrected chi connectivity index (χ2v) is 14.8. The normalized spacial score (nSPS) is 30.1. The average molecular weight is 703 g/mol. The molecule has 0 aliphatic heterocycles. The molecule has 2 saturated carbocycles. The zero-order valence-electron chi connectivity index (χ0n) is 28.8. The first-order valence-electron chi connectivity index (χ1n) is 16.2. The van der Waals surface area contributed by atoms with E-state index in [1.54, 1.807) is 37.3 Å². The molecule has 0 saturated heterocycles. The Labute approximate surface area is 315 Å². The minimum absolute atomic E-state index is 0. The number of aryl methyl sites for hydroxylation is 1. The monoisotopic (exact) mass is 701 g/mol. The third-order valence-corrected chi connectivity index (χ3v) is 12.3. The summed E-state index contributed by atoms with van der Waals surface area (Å²) in [5.74, 6) is -0.232. The molecular formula is C38H42Cl2NNaO6. The molecule has 1 N–H and O–H groups in total. The first-order chi connectivity index (χ1) is 22.1. The molecule has 2 aromatic rings. The number of fused-ring (bicyclic) bond motifs is 5. The maximum Gasteiger partial charge on any atom is 1.00 e. The van der Waals surface area contributed by atoms with Crippen molar-refractivity contribution in [2.45, 2.75) is 85.7 Å². The van der Waals surface area contributed by atoms with Crippen LogP contribution in [0.5, 0.6) is 0 Å². The fourth-order valence-electron chi connectivity index (χ4n) is 9.15. The molecule has 0 bridgehead atoms. The number of carbonyl (C=O) groups is 4. The van der Waals surface area contributed by atoms with Gasteiger partial charge in [0, 0.05) is 30.0 Å². The van der Waals surface area contributed by atoms with E-state index in [0.717, 1.165) is 31.2 Å². The van der Waals surface area contributed by atoms with Crippen LogP contribution in [0.2, 0.25) is 10.0 Å². The maximum absolute atomic E-state index is 12.8. The van der Waals surface area contributed by atoms with Gasteiger partial charge in [-0.3, -0.25) is 14.4 Å². The Bertz CT molecular complexity index is 1720. The van der Waals surface area contributed by atoms with Crippen LogP contribution in [0.4, 0.5) is 11.4 Å². The van der Waals surface area contributed by atoms with Crippen LogP contribution in [0.3, 0.4) is 0 Å². The number of nitrogens with one attached hydrogen (secondary N) is 1. The van der Waals surface area contributed by atoms with Gasteiger partial charge in [-0.15, -0.1) is 0 Å². The first-order valence-corrected chi connectivity index (χ1v) is 17.0. The molecule has 6 rings (SSSR count). The van der Waals surface area contributed by atoms with Crippen molar-refractivity contribution in [1.29, 1.82) is 0 Å². The smallest absolute Gasteiger partial charge is 0.545 e. The Balaban J connectivity index is 0.000000228. The van der Waals surface area contributed by atoms with E-state index in [-0.39, 0.29) is 63.5 Å². The second kappa shape index (κ2) is 14.4. The van der Waals surface area contributed by atoms with Gasteiger partial charge in [0.2, 0.25) is 0 Å². The van der Waals surface area contributed by atoms with Crippen LogP contribution in [0.15, 0.2) is 59.7 Å². The van der Waals surface area contributed by atoms with Crippen molar-refractivity contribution < 1.29 is 58.6 Å². The third kappa shape index (κ3) is 6.58. The summed E-state index contributed by atoms with van der Waals surface area (Å²) in [5.41, 5.74) is 2.92. The van der Waals surface area contributed by atoms with Crippen molar-refractivity contribution in [1.82, 2.24) is 0 Å². The van der Waals surface area contributed by atoms with E-state index in [9.17, 15) is 24.3 Å². The van der Waals surface area contributed by atoms with Crippen molar-refractivity contribution in [2.75, 3.05) is 5.32 Å². The summed E-state index contributed by atoms with van der Waals surface area (Å²) in [6, 6.07) is 9.91. The standard InChI is InChI=1S/C24H32O4.C14H11Cl2NO2.Na/c1-14-12-18-19(22(4)9-6-17(27)13-21(14)22)7-10-23(5)20(18)8-11-24(23,15(2)25)28-16(3)26;1-8-6-7-10(15)13(12(8)16)17-11-5-3-2-4-9(11)14(18)19;/h12-13,18-20H,6-11H2,1-5H3;2-7,17H,1H3,(H,18,19);/q;;+1/p-1. The van der Waals surface area contributed by atoms with Crippen LogP contribution in [0.25, 0.3) is 0 Å². The van der Waals surface area contributed by atoms with Crippen LogP contribution in [-0.2, 0) is 19.1 Å². The first kappa shape index (κ1) is 38.4.